The van der Waals surface area contributed by atoms with Crippen LogP contribution in [0, 0.1) is 0 Å². The highest BCUT2D eigenvalue weighted by atomic mass is 15.1. The third kappa shape index (κ3) is 4.20. The summed E-state index contributed by atoms with van der Waals surface area (Å²) >= 11 is 0. The molecule has 0 spiro atoms. The maximum atomic E-state index is 2.50. The van der Waals surface area contributed by atoms with Crippen molar-refractivity contribution in [2.75, 3.05) is 0 Å². The fraction of sp³-hybridized carbons (Fsp3) is 0.0204. The van der Waals surface area contributed by atoms with Crippen LogP contribution in [0.3, 0.4) is 0 Å². The zero-order chi connectivity index (χ0) is 34.2. The Hall–Kier alpha value is -6.84. The van der Waals surface area contributed by atoms with Crippen LogP contribution in [-0.4, -0.2) is 13.7 Å². The average Bonchev–Trinajstić information content (AvgIpc) is 3.76. The van der Waals surface area contributed by atoms with E-state index in [0.717, 1.165) is 23.5 Å². The van der Waals surface area contributed by atoms with Gasteiger partial charge in [0, 0.05) is 43.9 Å². The molecule has 3 heterocycles. The smallest absolute Gasteiger partial charge is 0.0782 e. The van der Waals surface area contributed by atoms with Crippen LogP contribution in [0.15, 0.2) is 176 Å². The second kappa shape index (κ2) is 11.3. The lowest BCUT2D eigenvalue weighted by molar-refractivity contribution is 1.08. The standard InChI is InChI=1S/C49H33N3/c1-3-16-33(17-4-1)34-30-35(50-43-24-6-2-5-18-37(43)38-19-7-11-25-44(38)50)32-36(31-34)51-45-26-12-10-22-41(45)42-23-15-29-48(49(42)51)52-46-27-13-8-20-39(46)40-21-9-14-28-47(40)52/h1,3-32H,2H2. The van der Waals surface area contributed by atoms with Crippen LogP contribution in [-0.2, 0) is 0 Å². The van der Waals surface area contributed by atoms with Crippen molar-refractivity contribution in [2.45, 2.75) is 6.42 Å². The van der Waals surface area contributed by atoms with E-state index in [9.17, 15) is 0 Å². The van der Waals surface area contributed by atoms with E-state index in [1.165, 1.54) is 76.9 Å². The van der Waals surface area contributed by atoms with Gasteiger partial charge in [0.05, 0.1) is 39.0 Å². The monoisotopic (exact) mass is 663 g/mol. The van der Waals surface area contributed by atoms with Crippen LogP contribution < -0.4 is 0 Å². The molecule has 1 aliphatic rings. The summed E-state index contributed by atoms with van der Waals surface area (Å²) in [5.74, 6) is 0. The zero-order valence-corrected chi connectivity index (χ0v) is 28.4. The summed E-state index contributed by atoms with van der Waals surface area (Å²) in [6.07, 6.45) is 10.0. The van der Waals surface area contributed by atoms with Gasteiger partial charge in [-0.3, -0.25) is 0 Å². The molecule has 0 aliphatic heterocycles. The second-order valence-corrected chi connectivity index (χ2v) is 13.7. The Kier molecular flexibility index (Phi) is 6.31. The lowest BCUT2D eigenvalue weighted by Gasteiger charge is -2.18. The minimum atomic E-state index is 0.922. The van der Waals surface area contributed by atoms with Crippen molar-refractivity contribution >= 4 is 66.7 Å². The van der Waals surface area contributed by atoms with Crippen molar-refractivity contribution in [1.82, 2.24) is 13.7 Å². The molecule has 3 nitrogen and oxygen atoms in total. The zero-order valence-electron chi connectivity index (χ0n) is 28.4. The van der Waals surface area contributed by atoms with E-state index < -0.39 is 0 Å². The Morgan fingerprint density at radius 1 is 0.365 bits per heavy atom. The van der Waals surface area contributed by atoms with Gasteiger partial charge in [-0.2, -0.15) is 0 Å². The van der Waals surface area contributed by atoms with E-state index in [1.54, 1.807) is 0 Å². The van der Waals surface area contributed by atoms with Gasteiger partial charge in [0.2, 0.25) is 0 Å². The second-order valence-electron chi connectivity index (χ2n) is 13.7. The summed E-state index contributed by atoms with van der Waals surface area (Å²) in [5, 5.41) is 6.24. The largest absolute Gasteiger partial charge is 0.309 e. The first-order valence-electron chi connectivity index (χ1n) is 18.0. The number of rotatable bonds is 4. The fourth-order valence-electron chi connectivity index (χ4n) is 8.63. The summed E-state index contributed by atoms with van der Waals surface area (Å²) in [6.45, 7) is 0. The molecule has 0 saturated carbocycles. The molecule has 0 unspecified atom stereocenters. The van der Waals surface area contributed by atoms with Gasteiger partial charge < -0.3 is 13.7 Å². The molecule has 0 radical (unpaired) electrons. The molecule has 3 heteroatoms. The van der Waals surface area contributed by atoms with Crippen molar-refractivity contribution < 1.29 is 0 Å². The molecule has 11 rings (SSSR count). The van der Waals surface area contributed by atoms with Crippen LogP contribution in [0.2, 0.25) is 0 Å². The van der Waals surface area contributed by atoms with Crippen LogP contribution in [0.5, 0.6) is 0 Å². The first kappa shape index (κ1) is 28.9. The summed E-state index contributed by atoms with van der Waals surface area (Å²) in [5.41, 5.74) is 14.2. The van der Waals surface area contributed by atoms with Gasteiger partial charge in [-0.05, 0) is 72.2 Å². The third-order valence-electron chi connectivity index (χ3n) is 10.8. The summed E-state index contributed by atoms with van der Waals surface area (Å²) < 4.78 is 7.41. The molecule has 0 saturated heterocycles. The minimum Gasteiger partial charge on any atom is -0.309 e. The van der Waals surface area contributed by atoms with E-state index in [0.29, 0.717) is 0 Å². The lowest BCUT2D eigenvalue weighted by Crippen LogP contribution is -2.03. The molecule has 0 N–H and O–H groups in total. The van der Waals surface area contributed by atoms with Crippen LogP contribution in [0.25, 0.3) is 94.9 Å². The molecule has 7 aromatic carbocycles. The quantitative estimate of drug-likeness (QED) is 0.178. The molecule has 0 fully saturated rings. The molecule has 10 aromatic rings. The Bertz CT molecular complexity index is 3040. The Balaban J connectivity index is 1.29. The van der Waals surface area contributed by atoms with Gasteiger partial charge in [0.15, 0.2) is 0 Å². The van der Waals surface area contributed by atoms with Gasteiger partial charge in [0.1, 0.15) is 0 Å². The number of para-hydroxylation sites is 5. The highest BCUT2D eigenvalue weighted by Gasteiger charge is 2.22. The number of hydrogen-bond donors (Lipinski definition) is 0. The van der Waals surface area contributed by atoms with Gasteiger partial charge >= 0.3 is 0 Å². The number of benzene rings is 7. The van der Waals surface area contributed by atoms with Crippen molar-refractivity contribution in [2.24, 2.45) is 0 Å². The van der Waals surface area contributed by atoms with E-state index >= 15 is 0 Å². The van der Waals surface area contributed by atoms with Crippen LogP contribution in [0.4, 0.5) is 0 Å². The number of fused-ring (bicyclic) bond motifs is 9. The number of nitrogens with zero attached hydrogens (tertiary/aromatic N) is 3. The maximum absolute atomic E-state index is 2.50. The van der Waals surface area contributed by atoms with Gasteiger partial charge in [-0.1, -0.05) is 133 Å². The van der Waals surface area contributed by atoms with E-state index in [1.807, 2.05) is 0 Å². The molecule has 0 amide bonds. The number of allylic oxidation sites excluding steroid dienone is 2. The molecular formula is C49H33N3. The molecule has 244 valence electrons. The van der Waals surface area contributed by atoms with Crippen molar-refractivity contribution in [1.29, 1.82) is 0 Å². The Morgan fingerprint density at radius 3 is 1.58 bits per heavy atom. The summed E-state index contributed by atoms with van der Waals surface area (Å²) in [6, 6.07) is 59.9. The molecule has 0 bridgehead atoms. The molecule has 0 atom stereocenters. The molecule has 1 aliphatic carbocycles. The number of hydrogen-bond acceptors (Lipinski definition) is 0. The Morgan fingerprint density at radius 2 is 0.885 bits per heavy atom. The van der Waals surface area contributed by atoms with Gasteiger partial charge in [-0.25, -0.2) is 0 Å². The molecule has 52 heavy (non-hydrogen) atoms. The third-order valence-corrected chi connectivity index (χ3v) is 10.8. The van der Waals surface area contributed by atoms with E-state index in [-0.39, 0.29) is 0 Å². The topological polar surface area (TPSA) is 14.8 Å². The normalized spacial score (nSPS) is 12.8. The average molecular weight is 664 g/mol. The van der Waals surface area contributed by atoms with Crippen molar-refractivity contribution in [3.05, 3.63) is 187 Å². The number of aromatic nitrogens is 3. The first-order valence-corrected chi connectivity index (χ1v) is 18.0. The molecular weight excluding hydrogens is 631 g/mol. The summed E-state index contributed by atoms with van der Waals surface area (Å²) in [4.78, 5) is 0. The van der Waals surface area contributed by atoms with Crippen LogP contribution >= 0.6 is 0 Å². The predicted molar refractivity (Wildman–Crippen MR) is 220 cm³/mol. The highest BCUT2D eigenvalue weighted by molar-refractivity contribution is 6.15. The van der Waals surface area contributed by atoms with Crippen molar-refractivity contribution in [3.63, 3.8) is 0 Å². The van der Waals surface area contributed by atoms with Crippen LogP contribution in [0.1, 0.15) is 17.7 Å². The van der Waals surface area contributed by atoms with Gasteiger partial charge in [-0.15, -0.1) is 0 Å². The maximum Gasteiger partial charge on any atom is 0.0782 e. The first-order chi connectivity index (χ1) is 25.8. The minimum absolute atomic E-state index is 0.922. The predicted octanol–water partition coefficient (Wildman–Crippen LogP) is 12.9. The highest BCUT2D eigenvalue weighted by Crippen LogP contribution is 2.41. The Labute approximate surface area is 301 Å². The fourth-order valence-corrected chi connectivity index (χ4v) is 8.63. The lowest BCUT2D eigenvalue weighted by atomic mass is 10.0. The SMILES string of the molecule is C1=Cc2c(n(-c3cc(-c4ccccc4)cc(-n4c5ccccc5c5cccc(-n6c7ccccc7c7ccccc76)c54)c3)c3ccccc23)C=CC1. The summed E-state index contributed by atoms with van der Waals surface area (Å²) in [7, 11) is 0. The van der Waals surface area contributed by atoms with Gasteiger partial charge in [0.25, 0.3) is 0 Å². The molecule has 3 aromatic heterocycles. The van der Waals surface area contributed by atoms with E-state index in [2.05, 4.69) is 202 Å². The van der Waals surface area contributed by atoms with E-state index in [4.69, 9.17) is 0 Å². The van der Waals surface area contributed by atoms with Crippen molar-refractivity contribution in [3.8, 4) is 28.2 Å².